The Morgan fingerprint density at radius 2 is 0.615 bits per heavy atom. The third-order valence-corrected chi connectivity index (χ3v) is 11.6. The summed E-state index contributed by atoms with van der Waals surface area (Å²) in [7, 11) is 0. The summed E-state index contributed by atoms with van der Waals surface area (Å²) in [6.45, 7) is 3.54. The van der Waals surface area contributed by atoms with E-state index in [4.69, 9.17) is 18.9 Å². The van der Waals surface area contributed by atoms with Crippen LogP contribution in [-0.4, -0.2) is 39.0 Å². The molecule has 2 unspecified atom stereocenters. The van der Waals surface area contributed by atoms with Gasteiger partial charge in [-0.25, -0.2) is 0 Å². The molecule has 4 heteroatoms. The van der Waals surface area contributed by atoms with Gasteiger partial charge in [-0.1, -0.05) is 178 Å². The van der Waals surface area contributed by atoms with Gasteiger partial charge in [0.25, 0.3) is 0 Å². The number of aryl methyl sites for hydroxylation is 2. The number of hydrogen-bond acceptors (Lipinski definition) is 4. The molecule has 0 aromatic heterocycles. The Morgan fingerprint density at radius 3 is 0.885 bits per heavy atom. The molecule has 0 bridgehead atoms. The van der Waals surface area contributed by atoms with Gasteiger partial charge in [-0.3, -0.25) is 0 Å². The molecule has 302 valence electrons. The highest BCUT2D eigenvalue weighted by atomic mass is 16.7. The highest BCUT2D eigenvalue weighted by molar-refractivity contribution is 5.22. The SMILES string of the molecule is c1cc(CCCCCCCCCCCCCCCCOC2CCCCO2)ccc1CCCCCCCCCCCCCCCCOC1CCCCO1. The zero-order valence-electron chi connectivity index (χ0n) is 34.4. The second-order valence-electron chi connectivity index (χ2n) is 16.5. The molecule has 52 heavy (non-hydrogen) atoms. The summed E-state index contributed by atoms with van der Waals surface area (Å²) in [6, 6.07) is 9.62. The summed E-state index contributed by atoms with van der Waals surface area (Å²) < 4.78 is 23.0. The third kappa shape index (κ3) is 26.8. The minimum Gasteiger partial charge on any atom is -0.353 e. The van der Waals surface area contributed by atoms with E-state index in [1.165, 1.54) is 229 Å². The van der Waals surface area contributed by atoms with E-state index in [0.29, 0.717) is 0 Å². The zero-order chi connectivity index (χ0) is 36.3. The predicted octanol–water partition coefficient (Wildman–Crippen LogP) is 14.8. The number of unbranched alkanes of at least 4 members (excludes halogenated alkanes) is 26. The van der Waals surface area contributed by atoms with Gasteiger partial charge in [-0.2, -0.15) is 0 Å². The van der Waals surface area contributed by atoms with Gasteiger partial charge in [0.15, 0.2) is 12.6 Å². The molecule has 0 saturated carbocycles. The summed E-state index contributed by atoms with van der Waals surface area (Å²) in [5.41, 5.74) is 3.08. The maximum atomic E-state index is 5.84. The standard InChI is InChI=1S/C48H86O4/c1(3-7-11-15-19-23-29-41-49-47-35-27-31-43-51-47)5-9-13-17-21-25-33-45-37-39-46(40-38-45)34-26-22-18-14-10-6-2-4-8-12-16-20-24-30-42-50-48-36-28-32-44-52-48/h37-40,47-48H,1-36,41-44H2. The number of ether oxygens (including phenoxy) is 4. The highest BCUT2D eigenvalue weighted by Gasteiger charge is 2.14. The fraction of sp³-hybridized carbons (Fsp3) is 0.875. The van der Waals surface area contributed by atoms with Crippen LogP contribution in [0.2, 0.25) is 0 Å². The lowest BCUT2D eigenvalue weighted by Crippen LogP contribution is -2.22. The molecule has 3 rings (SSSR count). The Bertz CT molecular complexity index is 789. The summed E-state index contributed by atoms with van der Waals surface area (Å²) in [5.74, 6) is 0. The largest absolute Gasteiger partial charge is 0.353 e. The van der Waals surface area contributed by atoms with Crippen LogP contribution in [0.3, 0.4) is 0 Å². The molecule has 2 atom stereocenters. The molecule has 2 aliphatic rings. The van der Waals surface area contributed by atoms with Crippen molar-refractivity contribution in [1.29, 1.82) is 0 Å². The van der Waals surface area contributed by atoms with Crippen molar-refractivity contribution in [2.24, 2.45) is 0 Å². The average molecular weight is 727 g/mol. The molecule has 0 aliphatic carbocycles. The van der Waals surface area contributed by atoms with E-state index in [1.807, 2.05) is 0 Å². The molecular formula is C48H86O4. The van der Waals surface area contributed by atoms with Gasteiger partial charge < -0.3 is 18.9 Å². The average Bonchev–Trinajstić information content (AvgIpc) is 3.18. The van der Waals surface area contributed by atoms with Crippen molar-refractivity contribution in [3.8, 4) is 0 Å². The van der Waals surface area contributed by atoms with Gasteiger partial charge in [-0.15, -0.1) is 0 Å². The van der Waals surface area contributed by atoms with Crippen LogP contribution in [0.25, 0.3) is 0 Å². The van der Waals surface area contributed by atoms with Gasteiger partial charge in [0, 0.05) is 26.4 Å². The Labute approximate surface area is 323 Å². The highest BCUT2D eigenvalue weighted by Crippen LogP contribution is 2.19. The maximum absolute atomic E-state index is 5.84. The van der Waals surface area contributed by atoms with E-state index in [2.05, 4.69) is 24.3 Å². The fourth-order valence-corrected chi connectivity index (χ4v) is 8.09. The molecule has 0 spiro atoms. The van der Waals surface area contributed by atoms with Crippen molar-refractivity contribution in [2.75, 3.05) is 26.4 Å². The molecule has 0 N–H and O–H groups in total. The number of benzene rings is 1. The van der Waals surface area contributed by atoms with Crippen molar-refractivity contribution in [1.82, 2.24) is 0 Å². The molecule has 1 aromatic carbocycles. The quantitative estimate of drug-likeness (QED) is 0.0645. The summed E-state index contributed by atoms with van der Waals surface area (Å²) in [4.78, 5) is 0. The molecule has 4 nitrogen and oxygen atoms in total. The van der Waals surface area contributed by atoms with Crippen LogP contribution < -0.4 is 0 Å². The van der Waals surface area contributed by atoms with Crippen LogP contribution in [0.15, 0.2) is 24.3 Å². The molecular weight excluding hydrogens is 641 g/mol. The smallest absolute Gasteiger partial charge is 0.157 e. The molecule has 1 aromatic rings. The predicted molar refractivity (Wildman–Crippen MR) is 222 cm³/mol. The number of hydrogen-bond donors (Lipinski definition) is 0. The van der Waals surface area contributed by atoms with Crippen LogP contribution in [0.4, 0.5) is 0 Å². The minimum atomic E-state index is 0.0899. The molecule has 0 amide bonds. The summed E-state index contributed by atoms with van der Waals surface area (Å²) in [5, 5.41) is 0. The van der Waals surface area contributed by atoms with Crippen LogP contribution in [0, 0.1) is 0 Å². The molecule has 2 saturated heterocycles. The third-order valence-electron chi connectivity index (χ3n) is 11.6. The summed E-state index contributed by atoms with van der Waals surface area (Å²) >= 11 is 0. The monoisotopic (exact) mass is 727 g/mol. The molecule has 2 heterocycles. The fourth-order valence-electron chi connectivity index (χ4n) is 8.09. The van der Waals surface area contributed by atoms with Crippen LogP contribution >= 0.6 is 0 Å². The first-order valence-corrected chi connectivity index (χ1v) is 23.4. The van der Waals surface area contributed by atoms with E-state index >= 15 is 0 Å². The van der Waals surface area contributed by atoms with Crippen molar-refractivity contribution < 1.29 is 18.9 Å². The molecule has 0 radical (unpaired) electrons. The van der Waals surface area contributed by atoms with Gasteiger partial charge in [0.1, 0.15) is 0 Å². The second-order valence-corrected chi connectivity index (χ2v) is 16.5. The van der Waals surface area contributed by atoms with Crippen molar-refractivity contribution in [3.63, 3.8) is 0 Å². The molecule has 2 aliphatic heterocycles. The van der Waals surface area contributed by atoms with Gasteiger partial charge in [0.05, 0.1) is 0 Å². The van der Waals surface area contributed by atoms with E-state index < -0.39 is 0 Å². The maximum Gasteiger partial charge on any atom is 0.157 e. The van der Waals surface area contributed by atoms with E-state index in [1.54, 1.807) is 0 Å². The van der Waals surface area contributed by atoms with Crippen LogP contribution in [0.1, 0.15) is 229 Å². The van der Waals surface area contributed by atoms with Crippen LogP contribution in [0.5, 0.6) is 0 Å². The van der Waals surface area contributed by atoms with E-state index in [-0.39, 0.29) is 12.6 Å². The Kier molecular flexibility index (Phi) is 30.2. The van der Waals surface area contributed by atoms with Crippen molar-refractivity contribution in [2.45, 2.75) is 244 Å². The summed E-state index contributed by atoms with van der Waals surface area (Å²) in [6.07, 6.45) is 48.8. The Balaban J connectivity index is 0.957. The number of rotatable bonds is 36. The molecule has 2 fully saturated rings. The Hall–Kier alpha value is -0.940. The van der Waals surface area contributed by atoms with Crippen LogP contribution in [-0.2, 0) is 31.8 Å². The lowest BCUT2D eigenvalue weighted by Gasteiger charge is -2.22. The Morgan fingerprint density at radius 1 is 0.346 bits per heavy atom. The van der Waals surface area contributed by atoms with Gasteiger partial charge in [-0.05, 0) is 88.2 Å². The normalized spacial score (nSPS) is 17.9. The van der Waals surface area contributed by atoms with Gasteiger partial charge >= 0.3 is 0 Å². The van der Waals surface area contributed by atoms with Crippen molar-refractivity contribution in [3.05, 3.63) is 35.4 Å². The first kappa shape index (κ1) is 45.4. The topological polar surface area (TPSA) is 36.9 Å². The first-order chi connectivity index (χ1) is 25.9. The van der Waals surface area contributed by atoms with E-state index in [0.717, 1.165) is 39.3 Å². The lowest BCUT2D eigenvalue weighted by molar-refractivity contribution is -0.163. The van der Waals surface area contributed by atoms with Crippen molar-refractivity contribution >= 4 is 0 Å². The van der Waals surface area contributed by atoms with Gasteiger partial charge in [0.2, 0.25) is 0 Å². The lowest BCUT2D eigenvalue weighted by atomic mass is 10.0. The van der Waals surface area contributed by atoms with E-state index in [9.17, 15) is 0 Å². The second kappa shape index (κ2) is 34.5. The minimum absolute atomic E-state index is 0.0899. The first-order valence-electron chi connectivity index (χ1n) is 23.4. The zero-order valence-corrected chi connectivity index (χ0v) is 34.4.